The highest BCUT2D eigenvalue weighted by molar-refractivity contribution is 5.91. The molecule has 0 aromatic rings. The molecule has 0 saturated heterocycles. The lowest BCUT2D eigenvalue weighted by Gasteiger charge is -2.03. The van der Waals surface area contributed by atoms with E-state index in [9.17, 15) is 9.59 Å². The fraction of sp³-hybridized carbons (Fsp3) is 0.636. The molecule has 86 valence electrons. The summed E-state index contributed by atoms with van der Waals surface area (Å²) in [5, 5.41) is 0. The molecule has 0 unspecified atom stereocenters. The average molecular weight is 214 g/mol. The van der Waals surface area contributed by atoms with Gasteiger partial charge in [0.25, 0.3) is 0 Å². The second kappa shape index (κ2) is 8.03. The molecular formula is C11H18O4. The van der Waals surface area contributed by atoms with E-state index in [1.807, 2.05) is 20.8 Å². The minimum absolute atomic E-state index is 0.286. The highest BCUT2D eigenvalue weighted by atomic mass is 16.5. The van der Waals surface area contributed by atoms with E-state index in [0.717, 1.165) is 18.6 Å². The van der Waals surface area contributed by atoms with E-state index >= 15 is 0 Å². The standard InChI is InChI=1S/C11H18O4/c1-4-7-14-10(12)5-6-11(13)15-8-9(2)3/h5-6,9H,4,7-8H2,1-3H3. The molecule has 0 rings (SSSR count). The van der Waals surface area contributed by atoms with Gasteiger partial charge in [0.1, 0.15) is 0 Å². The van der Waals surface area contributed by atoms with E-state index in [1.165, 1.54) is 0 Å². The lowest BCUT2D eigenvalue weighted by atomic mass is 10.2. The Kier molecular flexibility index (Phi) is 7.32. The number of rotatable bonds is 6. The molecule has 0 radical (unpaired) electrons. The molecule has 0 aromatic heterocycles. The molecule has 0 heterocycles. The molecule has 4 heteroatoms. The first kappa shape index (κ1) is 13.7. The van der Waals surface area contributed by atoms with E-state index in [-0.39, 0.29) is 5.92 Å². The fourth-order valence-electron chi connectivity index (χ4n) is 0.684. The molecule has 0 atom stereocenters. The van der Waals surface area contributed by atoms with E-state index in [2.05, 4.69) is 0 Å². The van der Waals surface area contributed by atoms with Crippen LogP contribution in [0.4, 0.5) is 0 Å². The van der Waals surface area contributed by atoms with Crippen molar-refractivity contribution < 1.29 is 19.1 Å². The van der Waals surface area contributed by atoms with E-state index in [4.69, 9.17) is 9.47 Å². The Balaban J connectivity index is 3.74. The van der Waals surface area contributed by atoms with E-state index in [0.29, 0.717) is 13.2 Å². The summed E-state index contributed by atoms with van der Waals surface area (Å²) in [6.45, 7) is 6.49. The first-order chi connectivity index (χ1) is 7.06. The van der Waals surface area contributed by atoms with Crippen LogP contribution in [0, 0.1) is 5.92 Å². The van der Waals surface area contributed by atoms with E-state index < -0.39 is 11.9 Å². The lowest BCUT2D eigenvalue weighted by molar-refractivity contribution is -0.141. The number of hydrogen-bond donors (Lipinski definition) is 0. The summed E-state index contributed by atoms with van der Waals surface area (Å²) in [4.78, 5) is 21.9. The van der Waals surface area contributed by atoms with Crippen LogP contribution in [0.25, 0.3) is 0 Å². The van der Waals surface area contributed by atoms with Crippen molar-refractivity contribution in [3.05, 3.63) is 12.2 Å². The molecule has 15 heavy (non-hydrogen) atoms. The van der Waals surface area contributed by atoms with Gasteiger partial charge in [-0.3, -0.25) is 0 Å². The van der Waals surface area contributed by atoms with Gasteiger partial charge in [0.2, 0.25) is 0 Å². The predicted molar refractivity (Wildman–Crippen MR) is 56.2 cm³/mol. The van der Waals surface area contributed by atoms with Gasteiger partial charge in [-0.05, 0) is 12.3 Å². The summed E-state index contributed by atoms with van der Waals surface area (Å²) in [6.07, 6.45) is 2.93. The van der Waals surface area contributed by atoms with Gasteiger partial charge in [-0.25, -0.2) is 9.59 Å². The van der Waals surface area contributed by atoms with Crippen molar-refractivity contribution in [1.82, 2.24) is 0 Å². The monoisotopic (exact) mass is 214 g/mol. The van der Waals surface area contributed by atoms with Crippen molar-refractivity contribution in [2.75, 3.05) is 13.2 Å². The second-order valence-corrected chi connectivity index (χ2v) is 3.52. The van der Waals surface area contributed by atoms with Gasteiger partial charge in [0.05, 0.1) is 13.2 Å². The minimum Gasteiger partial charge on any atom is -0.463 e. The molecule has 0 aliphatic heterocycles. The summed E-state index contributed by atoms with van der Waals surface area (Å²) < 4.78 is 9.56. The summed E-state index contributed by atoms with van der Waals surface area (Å²) >= 11 is 0. The zero-order valence-electron chi connectivity index (χ0n) is 9.49. The number of hydrogen-bond acceptors (Lipinski definition) is 4. The topological polar surface area (TPSA) is 52.6 Å². The Labute approximate surface area is 90.2 Å². The third kappa shape index (κ3) is 9.00. The SMILES string of the molecule is CCCOC(=O)C=CC(=O)OCC(C)C. The molecule has 0 spiro atoms. The van der Waals surface area contributed by atoms with Gasteiger partial charge in [-0.2, -0.15) is 0 Å². The maximum atomic E-state index is 11.0. The summed E-state index contributed by atoms with van der Waals surface area (Å²) in [7, 11) is 0. The summed E-state index contributed by atoms with van der Waals surface area (Å²) in [5.74, 6) is -0.745. The summed E-state index contributed by atoms with van der Waals surface area (Å²) in [6, 6.07) is 0. The molecule has 0 aromatic carbocycles. The maximum absolute atomic E-state index is 11.0. The molecule has 4 nitrogen and oxygen atoms in total. The fourth-order valence-corrected chi connectivity index (χ4v) is 0.684. The van der Waals surface area contributed by atoms with Gasteiger partial charge in [-0.15, -0.1) is 0 Å². The average Bonchev–Trinajstić information content (AvgIpc) is 2.20. The molecule has 0 aliphatic carbocycles. The molecule has 0 N–H and O–H groups in total. The van der Waals surface area contributed by atoms with Crippen LogP contribution in [-0.4, -0.2) is 25.2 Å². The minimum atomic E-state index is -0.517. The van der Waals surface area contributed by atoms with Crippen LogP contribution >= 0.6 is 0 Å². The second-order valence-electron chi connectivity index (χ2n) is 3.52. The molecule has 0 fully saturated rings. The van der Waals surface area contributed by atoms with Crippen molar-refractivity contribution in [3.63, 3.8) is 0 Å². The first-order valence-corrected chi connectivity index (χ1v) is 5.07. The highest BCUT2D eigenvalue weighted by Crippen LogP contribution is 1.94. The zero-order valence-corrected chi connectivity index (χ0v) is 9.49. The van der Waals surface area contributed by atoms with Crippen LogP contribution < -0.4 is 0 Å². The molecule has 0 amide bonds. The first-order valence-electron chi connectivity index (χ1n) is 5.07. The van der Waals surface area contributed by atoms with Crippen LogP contribution in [0.5, 0.6) is 0 Å². The Morgan fingerprint density at radius 2 is 1.67 bits per heavy atom. The van der Waals surface area contributed by atoms with Crippen molar-refractivity contribution in [1.29, 1.82) is 0 Å². The van der Waals surface area contributed by atoms with Crippen LogP contribution in [0.15, 0.2) is 12.2 Å². The van der Waals surface area contributed by atoms with Gasteiger partial charge in [0.15, 0.2) is 0 Å². The van der Waals surface area contributed by atoms with Gasteiger partial charge in [-0.1, -0.05) is 20.8 Å². The van der Waals surface area contributed by atoms with Crippen molar-refractivity contribution in [3.8, 4) is 0 Å². The molecule has 0 aliphatic rings. The number of carbonyl (C=O) groups excluding carboxylic acids is 2. The Hall–Kier alpha value is -1.32. The molecule has 0 bridgehead atoms. The smallest absolute Gasteiger partial charge is 0.331 e. The van der Waals surface area contributed by atoms with Crippen LogP contribution in [0.3, 0.4) is 0 Å². The normalized spacial score (nSPS) is 10.7. The molecule has 0 saturated carbocycles. The van der Waals surface area contributed by atoms with Crippen molar-refractivity contribution in [2.24, 2.45) is 5.92 Å². The van der Waals surface area contributed by atoms with Gasteiger partial charge >= 0.3 is 11.9 Å². The Morgan fingerprint density at radius 3 is 2.13 bits per heavy atom. The van der Waals surface area contributed by atoms with Gasteiger partial charge < -0.3 is 9.47 Å². The van der Waals surface area contributed by atoms with E-state index in [1.54, 1.807) is 0 Å². The quantitative estimate of drug-likeness (QED) is 0.498. The number of esters is 2. The zero-order chi connectivity index (χ0) is 11.7. The van der Waals surface area contributed by atoms with Crippen LogP contribution in [0.2, 0.25) is 0 Å². The van der Waals surface area contributed by atoms with Crippen LogP contribution in [-0.2, 0) is 19.1 Å². The third-order valence-electron chi connectivity index (χ3n) is 1.36. The highest BCUT2D eigenvalue weighted by Gasteiger charge is 2.01. The molecular weight excluding hydrogens is 196 g/mol. The number of carbonyl (C=O) groups is 2. The van der Waals surface area contributed by atoms with Crippen molar-refractivity contribution >= 4 is 11.9 Å². The lowest BCUT2D eigenvalue weighted by Crippen LogP contribution is -2.08. The largest absolute Gasteiger partial charge is 0.463 e. The number of ether oxygens (including phenoxy) is 2. The van der Waals surface area contributed by atoms with Crippen molar-refractivity contribution in [2.45, 2.75) is 27.2 Å². The summed E-state index contributed by atoms with van der Waals surface area (Å²) in [5.41, 5.74) is 0. The predicted octanol–water partition coefficient (Wildman–Crippen LogP) is 1.70. The van der Waals surface area contributed by atoms with Crippen LogP contribution in [0.1, 0.15) is 27.2 Å². The Bertz CT molecular complexity index is 231. The van der Waals surface area contributed by atoms with Gasteiger partial charge in [0, 0.05) is 12.2 Å². The third-order valence-corrected chi connectivity index (χ3v) is 1.36. The Morgan fingerprint density at radius 1 is 1.13 bits per heavy atom. The maximum Gasteiger partial charge on any atom is 0.331 e.